The first-order chi connectivity index (χ1) is 19.9. The van der Waals surface area contributed by atoms with E-state index in [4.69, 9.17) is 16.3 Å². The minimum atomic E-state index is -3.45. The van der Waals surface area contributed by atoms with Gasteiger partial charge in [-0.1, -0.05) is 37.6 Å². The fourth-order valence-corrected chi connectivity index (χ4v) is 8.09. The Morgan fingerprint density at radius 1 is 1.19 bits per heavy atom. The SMILES string of the molecule is COC(=O)N[C@H](C(=O)Nc1cncc(F)c1CC[C@H]1CNC[C@@H](C)N1S(=O)(=O)C1CC1)C(c1ccc(Cl)cc1)C(C)C. The van der Waals surface area contributed by atoms with Gasteiger partial charge in [0.15, 0.2) is 0 Å². The van der Waals surface area contributed by atoms with E-state index in [1.54, 1.807) is 28.6 Å². The van der Waals surface area contributed by atoms with Crippen LogP contribution in [0.2, 0.25) is 5.02 Å². The lowest BCUT2D eigenvalue weighted by molar-refractivity contribution is -0.118. The van der Waals surface area contributed by atoms with Crippen LogP contribution in [0.3, 0.4) is 0 Å². The highest BCUT2D eigenvalue weighted by Gasteiger charge is 2.45. The zero-order chi connectivity index (χ0) is 30.6. The maximum Gasteiger partial charge on any atom is 0.407 e. The number of ether oxygens (including phenoxy) is 1. The van der Waals surface area contributed by atoms with Crippen molar-refractivity contribution >= 4 is 39.3 Å². The molecular formula is C29H39ClFN5O5S. The van der Waals surface area contributed by atoms with Gasteiger partial charge < -0.3 is 20.7 Å². The van der Waals surface area contributed by atoms with Gasteiger partial charge in [0.2, 0.25) is 15.9 Å². The lowest BCUT2D eigenvalue weighted by Gasteiger charge is -2.40. The molecule has 4 rings (SSSR count). The van der Waals surface area contributed by atoms with Crippen molar-refractivity contribution in [2.24, 2.45) is 5.92 Å². The topological polar surface area (TPSA) is 130 Å². The van der Waals surface area contributed by atoms with Crippen molar-refractivity contribution in [2.75, 3.05) is 25.5 Å². The van der Waals surface area contributed by atoms with Crippen LogP contribution in [0.1, 0.15) is 57.1 Å². The molecule has 1 aliphatic carbocycles. The number of pyridine rings is 1. The predicted octanol–water partition coefficient (Wildman–Crippen LogP) is 4.06. The lowest BCUT2D eigenvalue weighted by Crippen LogP contribution is -2.59. The molecular weight excluding hydrogens is 585 g/mol. The molecule has 2 amide bonds. The number of nitrogens with one attached hydrogen (secondary N) is 3. The van der Waals surface area contributed by atoms with E-state index in [2.05, 4.69) is 20.9 Å². The van der Waals surface area contributed by atoms with Gasteiger partial charge in [0, 0.05) is 41.7 Å². The third-order valence-electron chi connectivity index (χ3n) is 7.92. The molecule has 2 aliphatic rings. The van der Waals surface area contributed by atoms with E-state index in [0.29, 0.717) is 37.4 Å². The molecule has 2 heterocycles. The Morgan fingerprint density at radius 2 is 1.88 bits per heavy atom. The normalized spacial score (nSPS) is 21.0. The van der Waals surface area contributed by atoms with E-state index < -0.39 is 39.8 Å². The quantitative estimate of drug-likeness (QED) is 0.344. The van der Waals surface area contributed by atoms with Gasteiger partial charge in [0.05, 0.1) is 30.4 Å². The van der Waals surface area contributed by atoms with Gasteiger partial charge in [-0.05, 0) is 56.2 Å². The first-order valence-corrected chi connectivity index (χ1v) is 16.1. The van der Waals surface area contributed by atoms with Crippen molar-refractivity contribution in [3.05, 3.63) is 58.6 Å². The largest absolute Gasteiger partial charge is 0.453 e. The number of methoxy groups -OCH3 is 1. The minimum Gasteiger partial charge on any atom is -0.453 e. The number of rotatable bonds is 11. The number of carbonyl (C=O) groups excluding carboxylic acids is 2. The van der Waals surface area contributed by atoms with Gasteiger partial charge in [0.25, 0.3) is 0 Å². The maximum atomic E-state index is 15.2. The van der Waals surface area contributed by atoms with E-state index in [1.165, 1.54) is 13.3 Å². The monoisotopic (exact) mass is 623 g/mol. The molecule has 1 aromatic carbocycles. The Hall–Kier alpha value is -2.80. The van der Waals surface area contributed by atoms with Gasteiger partial charge >= 0.3 is 6.09 Å². The lowest BCUT2D eigenvalue weighted by atomic mass is 9.82. The fraction of sp³-hybridized carbons (Fsp3) is 0.552. The summed E-state index contributed by atoms with van der Waals surface area (Å²) in [7, 11) is -2.24. The van der Waals surface area contributed by atoms with Crippen LogP contribution in [0, 0.1) is 11.7 Å². The highest BCUT2D eigenvalue weighted by Crippen LogP contribution is 2.35. The summed E-state index contributed by atoms with van der Waals surface area (Å²) in [5, 5.41) is 8.89. The van der Waals surface area contributed by atoms with Crippen LogP contribution in [0.5, 0.6) is 0 Å². The molecule has 0 spiro atoms. The van der Waals surface area contributed by atoms with Crippen molar-refractivity contribution in [1.82, 2.24) is 19.9 Å². The summed E-state index contributed by atoms with van der Waals surface area (Å²) in [4.78, 5) is 30.0. The number of hydrogen-bond acceptors (Lipinski definition) is 7. The summed E-state index contributed by atoms with van der Waals surface area (Å²) in [6, 6.07) is 5.35. The third-order valence-corrected chi connectivity index (χ3v) is 10.7. The standard InChI is InChI=1S/C29H39ClFN5O5S/c1-17(2)26(19-5-7-20(30)8-6-19)27(35-29(38)41-4)28(37)34-25-16-33-15-24(31)23(25)12-9-21-14-32-13-18(3)36(21)42(39,40)22-10-11-22/h5-8,15-18,21-22,26-27,32H,9-14H2,1-4H3,(H,34,37)(H,35,38)/t18-,21+,26?,27+/m1/s1. The number of benzene rings is 1. The summed E-state index contributed by atoms with van der Waals surface area (Å²) in [5.41, 5.74) is 1.15. The van der Waals surface area contributed by atoms with Gasteiger partial charge in [0.1, 0.15) is 11.9 Å². The molecule has 3 N–H and O–H groups in total. The van der Waals surface area contributed by atoms with Crippen LogP contribution < -0.4 is 16.0 Å². The molecule has 1 aliphatic heterocycles. The molecule has 1 saturated carbocycles. The molecule has 1 unspecified atom stereocenters. The van der Waals surface area contributed by atoms with Gasteiger partial charge in [-0.2, -0.15) is 4.31 Å². The first-order valence-electron chi connectivity index (χ1n) is 14.2. The molecule has 2 fully saturated rings. The number of sulfonamides is 1. The van der Waals surface area contributed by atoms with E-state index >= 15 is 4.39 Å². The second-order valence-corrected chi connectivity index (χ2v) is 13.9. The molecule has 13 heteroatoms. The van der Waals surface area contributed by atoms with E-state index in [-0.39, 0.29) is 40.9 Å². The first kappa shape index (κ1) is 32.1. The average molecular weight is 624 g/mol. The number of alkyl carbamates (subject to hydrolysis) is 1. The molecule has 0 bridgehead atoms. The van der Waals surface area contributed by atoms with Crippen molar-refractivity contribution in [3.63, 3.8) is 0 Å². The molecule has 2 aromatic rings. The van der Waals surface area contributed by atoms with Crippen LogP contribution in [0.25, 0.3) is 0 Å². The molecule has 230 valence electrons. The van der Waals surface area contributed by atoms with E-state index in [0.717, 1.165) is 11.8 Å². The molecule has 1 saturated heterocycles. The number of amides is 2. The van der Waals surface area contributed by atoms with Gasteiger partial charge in [-0.3, -0.25) is 9.78 Å². The van der Waals surface area contributed by atoms with Crippen LogP contribution in [0.4, 0.5) is 14.9 Å². The van der Waals surface area contributed by atoms with Crippen LogP contribution in [-0.4, -0.2) is 73.3 Å². The highest BCUT2D eigenvalue weighted by molar-refractivity contribution is 7.90. The number of carbonyl (C=O) groups is 2. The molecule has 42 heavy (non-hydrogen) atoms. The predicted molar refractivity (Wildman–Crippen MR) is 159 cm³/mol. The van der Waals surface area contributed by atoms with E-state index in [1.807, 2.05) is 20.8 Å². The Bertz CT molecular complexity index is 1370. The summed E-state index contributed by atoms with van der Waals surface area (Å²) in [6.07, 6.45) is 3.47. The fourth-order valence-electron chi connectivity index (χ4n) is 5.72. The second-order valence-electron chi connectivity index (χ2n) is 11.3. The molecule has 4 atom stereocenters. The van der Waals surface area contributed by atoms with Gasteiger partial charge in [-0.25, -0.2) is 17.6 Å². The Morgan fingerprint density at radius 3 is 2.50 bits per heavy atom. The number of halogens is 2. The molecule has 0 radical (unpaired) electrons. The highest BCUT2D eigenvalue weighted by atomic mass is 35.5. The summed E-state index contributed by atoms with van der Waals surface area (Å²) >= 11 is 6.08. The zero-order valence-electron chi connectivity index (χ0n) is 24.3. The second kappa shape index (κ2) is 13.7. The number of piperazine rings is 1. The van der Waals surface area contributed by atoms with Crippen molar-refractivity contribution < 1.29 is 27.1 Å². The number of anilines is 1. The van der Waals surface area contributed by atoms with E-state index in [9.17, 15) is 18.0 Å². The minimum absolute atomic E-state index is 0.0932. The van der Waals surface area contributed by atoms with Crippen molar-refractivity contribution in [3.8, 4) is 0 Å². The van der Waals surface area contributed by atoms with Crippen LogP contribution in [-0.2, 0) is 26.0 Å². The van der Waals surface area contributed by atoms with Crippen molar-refractivity contribution in [2.45, 2.75) is 75.7 Å². The summed E-state index contributed by atoms with van der Waals surface area (Å²) in [6.45, 7) is 6.72. The van der Waals surface area contributed by atoms with Crippen LogP contribution >= 0.6 is 11.6 Å². The summed E-state index contributed by atoms with van der Waals surface area (Å²) < 4.78 is 48.0. The van der Waals surface area contributed by atoms with Crippen LogP contribution in [0.15, 0.2) is 36.7 Å². The average Bonchev–Trinajstić information content (AvgIpc) is 3.79. The number of nitrogens with zero attached hydrogens (tertiary/aromatic N) is 2. The number of hydrogen-bond donors (Lipinski definition) is 3. The summed E-state index contributed by atoms with van der Waals surface area (Å²) in [5.74, 6) is -1.75. The maximum absolute atomic E-state index is 15.2. The Kier molecular flexibility index (Phi) is 10.4. The smallest absolute Gasteiger partial charge is 0.407 e. The molecule has 1 aromatic heterocycles. The Labute approximate surface area is 251 Å². The van der Waals surface area contributed by atoms with Gasteiger partial charge in [-0.15, -0.1) is 0 Å². The zero-order valence-corrected chi connectivity index (χ0v) is 25.8. The molecule has 10 nitrogen and oxygen atoms in total. The number of aromatic nitrogens is 1. The Balaban J connectivity index is 1.58. The third kappa shape index (κ3) is 7.39. The van der Waals surface area contributed by atoms with Crippen molar-refractivity contribution in [1.29, 1.82) is 0 Å².